The van der Waals surface area contributed by atoms with Gasteiger partial charge in [-0.1, -0.05) is 65.2 Å². The maximum Gasteiger partial charge on any atom is 0.0922 e. The van der Waals surface area contributed by atoms with E-state index in [-0.39, 0.29) is 17.0 Å². The SMILES string of the molecule is CCCCCCCC[N+](C)(CCCl)CCCCCCCC.[Br-]. The number of unbranched alkanes of at least 4 members (excludes halogenated alkanes) is 10. The quantitative estimate of drug-likeness (QED) is 0.212. The molecule has 22 heavy (non-hydrogen) atoms. The summed E-state index contributed by atoms with van der Waals surface area (Å²) in [6.07, 6.45) is 16.8. The average molecular weight is 399 g/mol. The zero-order chi connectivity index (χ0) is 15.8. The monoisotopic (exact) mass is 397 g/mol. The van der Waals surface area contributed by atoms with Crippen LogP contribution in [0.1, 0.15) is 90.9 Å². The molecule has 0 saturated heterocycles. The van der Waals surface area contributed by atoms with Gasteiger partial charge in [0.1, 0.15) is 0 Å². The van der Waals surface area contributed by atoms with E-state index in [1.165, 1.54) is 94.6 Å². The van der Waals surface area contributed by atoms with Crippen molar-refractivity contribution in [2.75, 3.05) is 32.6 Å². The van der Waals surface area contributed by atoms with E-state index in [9.17, 15) is 0 Å². The van der Waals surface area contributed by atoms with E-state index in [4.69, 9.17) is 11.6 Å². The van der Waals surface area contributed by atoms with Crippen LogP contribution in [0.25, 0.3) is 0 Å². The molecular formula is C19H41BrClN. The van der Waals surface area contributed by atoms with Crippen molar-refractivity contribution in [3.8, 4) is 0 Å². The molecule has 3 heteroatoms. The number of alkyl halides is 1. The van der Waals surface area contributed by atoms with Crippen molar-refractivity contribution in [3.63, 3.8) is 0 Å². The molecule has 0 aromatic carbocycles. The second-order valence-corrected chi connectivity index (χ2v) is 7.39. The van der Waals surface area contributed by atoms with Gasteiger partial charge in [-0.05, 0) is 25.7 Å². The smallest absolute Gasteiger partial charge is 0.0922 e. The highest BCUT2D eigenvalue weighted by atomic mass is 79.9. The van der Waals surface area contributed by atoms with Crippen molar-refractivity contribution >= 4 is 11.6 Å². The van der Waals surface area contributed by atoms with Crippen LogP contribution in [0.4, 0.5) is 0 Å². The van der Waals surface area contributed by atoms with Gasteiger partial charge in [0.05, 0.1) is 32.6 Å². The van der Waals surface area contributed by atoms with Crippen LogP contribution in [0.3, 0.4) is 0 Å². The molecule has 0 fully saturated rings. The molecule has 0 aromatic rings. The highest BCUT2D eigenvalue weighted by molar-refractivity contribution is 6.17. The molecule has 136 valence electrons. The van der Waals surface area contributed by atoms with Gasteiger partial charge in [-0.15, -0.1) is 11.6 Å². The molecule has 0 amide bonds. The number of hydrogen-bond acceptors (Lipinski definition) is 0. The first-order valence-electron chi connectivity index (χ1n) is 9.58. The highest BCUT2D eigenvalue weighted by Crippen LogP contribution is 2.13. The normalized spacial score (nSPS) is 11.5. The molecule has 0 aliphatic rings. The van der Waals surface area contributed by atoms with Gasteiger partial charge in [0.2, 0.25) is 0 Å². The standard InChI is InChI=1S/C19H41ClN.BrH/c1-4-6-8-10-12-14-17-21(3,19-16-20)18-15-13-11-9-7-5-2;/h4-19H2,1-3H3;1H/q+1;/p-1. The molecule has 0 heterocycles. The number of quaternary nitrogens is 1. The fraction of sp³-hybridized carbons (Fsp3) is 1.00. The predicted octanol–water partition coefficient (Wildman–Crippen LogP) is 3.40. The Morgan fingerprint density at radius 2 is 0.955 bits per heavy atom. The van der Waals surface area contributed by atoms with Gasteiger partial charge in [0.25, 0.3) is 0 Å². The molecule has 0 bridgehead atoms. The first-order valence-corrected chi connectivity index (χ1v) is 10.1. The third-order valence-electron chi connectivity index (χ3n) is 4.73. The lowest BCUT2D eigenvalue weighted by atomic mass is 10.1. The molecule has 0 aromatic heterocycles. The van der Waals surface area contributed by atoms with E-state index >= 15 is 0 Å². The Labute approximate surface area is 156 Å². The molecule has 0 spiro atoms. The minimum atomic E-state index is 0. The van der Waals surface area contributed by atoms with Gasteiger partial charge in [0, 0.05) is 0 Å². The number of halogens is 2. The molecule has 0 atom stereocenters. The van der Waals surface area contributed by atoms with Crippen LogP contribution in [0.15, 0.2) is 0 Å². The fourth-order valence-electron chi connectivity index (χ4n) is 3.09. The number of rotatable bonds is 16. The van der Waals surface area contributed by atoms with Crippen molar-refractivity contribution in [1.82, 2.24) is 0 Å². The van der Waals surface area contributed by atoms with Gasteiger partial charge in [-0.3, -0.25) is 0 Å². The van der Waals surface area contributed by atoms with Gasteiger partial charge >= 0.3 is 0 Å². The molecule has 0 radical (unpaired) electrons. The minimum Gasteiger partial charge on any atom is -1.00 e. The second kappa shape index (κ2) is 18.1. The topological polar surface area (TPSA) is 0 Å². The summed E-state index contributed by atoms with van der Waals surface area (Å²) in [5, 5.41) is 0. The lowest BCUT2D eigenvalue weighted by Gasteiger charge is -2.34. The maximum absolute atomic E-state index is 6.03. The number of hydrogen-bond donors (Lipinski definition) is 0. The van der Waals surface area contributed by atoms with Crippen LogP contribution >= 0.6 is 11.6 Å². The molecule has 0 saturated carbocycles. The van der Waals surface area contributed by atoms with Crippen molar-refractivity contribution < 1.29 is 21.5 Å². The molecule has 0 rings (SSSR count). The third-order valence-corrected chi connectivity index (χ3v) is 4.90. The maximum atomic E-state index is 6.03. The minimum absolute atomic E-state index is 0. The fourth-order valence-corrected chi connectivity index (χ4v) is 3.50. The van der Waals surface area contributed by atoms with Crippen molar-refractivity contribution in [2.45, 2.75) is 90.9 Å². The van der Waals surface area contributed by atoms with E-state index in [2.05, 4.69) is 20.9 Å². The summed E-state index contributed by atoms with van der Waals surface area (Å²) < 4.78 is 1.20. The Morgan fingerprint density at radius 1 is 0.591 bits per heavy atom. The zero-order valence-corrected chi connectivity index (χ0v) is 17.9. The number of nitrogens with zero attached hydrogens (tertiary/aromatic N) is 1. The summed E-state index contributed by atoms with van der Waals surface area (Å²) in [5.74, 6) is 0.808. The summed E-state index contributed by atoms with van der Waals surface area (Å²) in [6, 6.07) is 0. The summed E-state index contributed by atoms with van der Waals surface area (Å²) in [5.41, 5.74) is 0. The first kappa shape index (κ1) is 25.0. The highest BCUT2D eigenvalue weighted by Gasteiger charge is 2.19. The Hall–Kier alpha value is 0.730. The zero-order valence-electron chi connectivity index (χ0n) is 15.5. The van der Waals surface area contributed by atoms with E-state index in [1.54, 1.807) is 0 Å². The Morgan fingerprint density at radius 3 is 1.32 bits per heavy atom. The molecule has 0 aliphatic carbocycles. The lowest BCUT2D eigenvalue weighted by molar-refractivity contribution is -0.907. The lowest BCUT2D eigenvalue weighted by Crippen LogP contribution is -3.00. The Kier molecular flexibility index (Phi) is 20.5. The average Bonchev–Trinajstić information content (AvgIpc) is 2.47. The van der Waals surface area contributed by atoms with Crippen LogP contribution in [0.2, 0.25) is 0 Å². The van der Waals surface area contributed by atoms with Gasteiger partial charge in [0.15, 0.2) is 0 Å². The van der Waals surface area contributed by atoms with Crippen LogP contribution in [-0.2, 0) is 0 Å². The second-order valence-electron chi connectivity index (χ2n) is 7.01. The Bertz CT molecular complexity index is 196. The molecule has 0 N–H and O–H groups in total. The van der Waals surface area contributed by atoms with Crippen molar-refractivity contribution in [1.29, 1.82) is 0 Å². The van der Waals surface area contributed by atoms with E-state index < -0.39 is 0 Å². The largest absolute Gasteiger partial charge is 1.00 e. The van der Waals surface area contributed by atoms with E-state index in [0.717, 1.165) is 12.4 Å². The van der Waals surface area contributed by atoms with Gasteiger partial charge in [-0.25, -0.2) is 0 Å². The molecule has 1 nitrogen and oxygen atoms in total. The van der Waals surface area contributed by atoms with E-state index in [0.29, 0.717) is 0 Å². The third kappa shape index (κ3) is 15.6. The molecule has 0 aliphatic heterocycles. The van der Waals surface area contributed by atoms with Gasteiger partial charge in [-0.2, -0.15) is 0 Å². The molecular weight excluding hydrogens is 358 g/mol. The van der Waals surface area contributed by atoms with Crippen LogP contribution in [0, 0.1) is 0 Å². The van der Waals surface area contributed by atoms with Crippen molar-refractivity contribution in [2.24, 2.45) is 0 Å². The van der Waals surface area contributed by atoms with E-state index in [1.807, 2.05) is 0 Å². The van der Waals surface area contributed by atoms with Gasteiger partial charge < -0.3 is 21.5 Å². The van der Waals surface area contributed by atoms with Crippen molar-refractivity contribution in [3.05, 3.63) is 0 Å². The van der Waals surface area contributed by atoms with Crippen LogP contribution < -0.4 is 17.0 Å². The van der Waals surface area contributed by atoms with Crippen LogP contribution in [0.5, 0.6) is 0 Å². The van der Waals surface area contributed by atoms with Crippen LogP contribution in [-0.4, -0.2) is 37.0 Å². The first-order chi connectivity index (χ1) is 10.2. The summed E-state index contributed by atoms with van der Waals surface area (Å²) in [6.45, 7) is 8.37. The summed E-state index contributed by atoms with van der Waals surface area (Å²) in [7, 11) is 2.42. The molecule has 0 unspecified atom stereocenters. The predicted molar refractivity (Wildman–Crippen MR) is 98.3 cm³/mol. The summed E-state index contributed by atoms with van der Waals surface area (Å²) >= 11 is 6.03. The Balaban J connectivity index is 0. The summed E-state index contributed by atoms with van der Waals surface area (Å²) in [4.78, 5) is 0.